The Morgan fingerprint density at radius 1 is 1.46 bits per heavy atom. The number of hydrogen-bond acceptors (Lipinski definition) is 2. The van der Waals surface area contributed by atoms with Crippen LogP contribution in [0.2, 0.25) is 0 Å². The fraction of sp³-hybridized carbons (Fsp3) is 0.900. The zero-order valence-corrected chi connectivity index (χ0v) is 8.56. The molecule has 0 aliphatic heterocycles. The van der Waals surface area contributed by atoms with Gasteiger partial charge in [0.25, 0.3) is 0 Å². The van der Waals surface area contributed by atoms with Crippen LogP contribution >= 0.6 is 0 Å². The summed E-state index contributed by atoms with van der Waals surface area (Å²) < 4.78 is 4.76. The highest BCUT2D eigenvalue weighted by atomic mass is 16.5. The van der Waals surface area contributed by atoms with Gasteiger partial charge >= 0.3 is 6.09 Å². The van der Waals surface area contributed by atoms with Crippen LogP contribution in [-0.4, -0.2) is 19.2 Å². The molecule has 1 rings (SSSR count). The summed E-state index contributed by atoms with van der Waals surface area (Å²) in [5.41, 5.74) is 0.555. The predicted octanol–water partition coefficient (Wildman–Crippen LogP) is 2.31. The summed E-state index contributed by atoms with van der Waals surface area (Å²) in [6, 6.07) is 0. The van der Waals surface area contributed by atoms with Crippen molar-refractivity contribution in [3.63, 3.8) is 0 Å². The third-order valence-electron chi connectivity index (χ3n) is 2.91. The molecule has 0 aromatic heterocycles. The van der Waals surface area contributed by atoms with Crippen LogP contribution in [0.3, 0.4) is 0 Å². The van der Waals surface area contributed by atoms with Gasteiger partial charge in [-0.3, -0.25) is 0 Å². The Kier molecular flexibility index (Phi) is 3.58. The number of rotatable bonds is 5. The van der Waals surface area contributed by atoms with Crippen molar-refractivity contribution in [2.45, 2.75) is 39.5 Å². The second kappa shape index (κ2) is 4.49. The third-order valence-corrected chi connectivity index (χ3v) is 2.91. The van der Waals surface area contributed by atoms with Crippen molar-refractivity contribution in [3.8, 4) is 0 Å². The second-order valence-corrected chi connectivity index (χ2v) is 3.75. The molecule has 0 atom stereocenters. The maximum absolute atomic E-state index is 10.9. The highest BCUT2D eigenvalue weighted by molar-refractivity contribution is 5.66. The first-order valence-corrected chi connectivity index (χ1v) is 5.13. The highest BCUT2D eigenvalue weighted by Gasteiger charge is 2.39. The molecule has 1 amide bonds. The molecule has 0 saturated heterocycles. The fourth-order valence-corrected chi connectivity index (χ4v) is 1.57. The zero-order valence-electron chi connectivity index (χ0n) is 8.56. The maximum Gasteiger partial charge on any atom is 0.407 e. The lowest BCUT2D eigenvalue weighted by Crippen LogP contribution is -2.26. The van der Waals surface area contributed by atoms with Crippen LogP contribution in [0.25, 0.3) is 0 Å². The van der Waals surface area contributed by atoms with Crippen molar-refractivity contribution in [2.75, 3.05) is 13.2 Å². The van der Waals surface area contributed by atoms with Gasteiger partial charge in [0.15, 0.2) is 0 Å². The Balaban J connectivity index is 2.03. The molecule has 1 N–H and O–H groups in total. The van der Waals surface area contributed by atoms with E-state index in [1.807, 2.05) is 6.92 Å². The van der Waals surface area contributed by atoms with Crippen molar-refractivity contribution < 1.29 is 9.53 Å². The molecular formula is C10H19NO2. The molecule has 1 aliphatic rings. The number of hydrogen-bond donors (Lipinski definition) is 1. The van der Waals surface area contributed by atoms with Gasteiger partial charge in [-0.05, 0) is 31.6 Å². The smallest absolute Gasteiger partial charge is 0.407 e. The van der Waals surface area contributed by atoms with E-state index in [9.17, 15) is 4.79 Å². The number of carbonyl (C=O) groups is 1. The summed E-state index contributed by atoms with van der Waals surface area (Å²) >= 11 is 0. The van der Waals surface area contributed by atoms with Gasteiger partial charge in [-0.2, -0.15) is 0 Å². The van der Waals surface area contributed by atoms with Gasteiger partial charge in [-0.25, -0.2) is 4.79 Å². The minimum Gasteiger partial charge on any atom is -0.450 e. The molecule has 0 aromatic carbocycles. The second-order valence-electron chi connectivity index (χ2n) is 3.75. The van der Waals surface area contributed by atoms with E-state index in [1.165, 1.54) is 19.3 Å². The van der Waals surface area contributed by atoms with E-state index in [0.717, 1.165) is 13.0 Å². The molecule has 0 heterocycles. The van der Waals surface area contributed by atoms with E-state index in [2.05, 4.69) is 12.2 Å². The summed E-state index contributed by atoms with van der Waals surface area (Å²) in [6.07, 6.45) is 4.70. The van der Waals surface area contributed by atoms with Gasteiger partial charge in [0.05, 0.1) is 6.61 Å². The van der Waals surface area contributed by atoms with Crippen molar-refractivity contribution >= 4 is 6.09 Å². The largest absolute Gasteiger partial charge is 0.450 e. The first kappa shape index (κ1) is 10.4. The summed E-state index contributed by atoms with van der Waals surface area (Å²) in [6.45, 7) is 5.24. The van der Waals surface area contributed by atoms with E-state index < -0.39 is 0 Å². The Hall–Kier alpha value is -0.730. The molecule has 3 heteroatoms. The lowest BCUT2D eigenvalue weighted by molar-refractivity contribution is 0.151. The Labute approximate surface area is 79.8 Å². The molecule has 1 saturated carbocycles. The summed E-state index contributed by atoms with van der Waals surface area (Å²) in [4.78, 5) is 10.9. The first-order valence-electron chi connectivity index (χ1n) is 5.13. The molecule has 13 heavy (non-hydrogen) atoms. The standard InChI is InChI=1S/C10H19NO2/c1-3-10(5-6-10)7-8-11-9(12)13-4-2/h3-8H2,1-2H3,(H,11,12). The lowest BCUT2D eigenvalue weighted by Gasteiger charge is -2.12. The van der Waals surface area contributed by atoms with Gasteiger partial charge in [0.2, 0.25) is 0 Å². The van der Waals surface area contributed by atoms with E-state index in [0.29, 0.717) is 12.0 Å². The van der Waals surface area contributed by atoms with E-state index >= 15 is 0 Å². The third kappa shape index (κ3) is 3.25. The first-order chi connectivity index (χ1) is 6.22. The van der Waals surface area contributed by atoms with Crippen LogP contribution < -0.4 is 5.32 Å². The monoisotopic (exact) mass is 185 g/mol. The average Bonchev–Trinajstić information content (AvgIpc) is 2.86. The Morgan fingerprint density at radius 3 is 2.62 bits per heavy atom. The topological polar surface area (TPSA) is 38.3 Å². The zero-order chi connectivity index (χ0) is 9.73. The minimum absolute atomic E-state index is 0.283. The maximum atomic E-state index is 10.9. The summed E-state index contributed by atoms with van der Waals surface area (Å²) in [7, 11) is 0. The van der Waals surface area contributed by atoms with E-state index in [4.69, 9.17) is 4.74 Å². The number of carbonyl (C=O) groups excluding carboxylic acids is 1. The van der Waals surface area contributed by atoms with Crippen LogP contribution in [0, 0.1) is 5.41 Å². The number of amides is 1. The molecule has 0 radical (unpaired) electrons. The van der Waals surface area contributed by atoms with Crippen molar-refractivity contribution in [1.29, 1.82) is 0 Å². The molecule has 0 bridgehead atoms. The van der Waals surface area contributed by atoms with E-state index in [-0.39, 0.29) is 6.09 Å². The van der Waals surface area contributed by atoms with Gasteiger partial charge in [0.1, 0.15) is 0 Å². The Morgan fingerprint density at radius 2 is 2.15 bits per heavy atom. The Bertz CT molecular complexity index is 176. The highest BCUT2D eigenvalue weighted by Crippen LogP contribution is 2.51. The molecule has 1 aliphatic carbocycles. The normalized spacial score (nSPS) is 18.0. The van der Waals surface area contributed by atoms with Crippen molar-refractivity contribution in [3.05, 3.63) is 0 Å². The molecule has 76 valence electrons. The molecule has 3 nitrogen and oxygen atoms in total. The van der Waals surface area contributed by atoms with Crippen LogP contribution in [0.15, 0.2) is 0 Å². The van der Waals surface area contributed by atoms with Crippen LogP contribution in [-0.2, 0) is 4.74 Å². The SMILES string of the molecule is CCOC(=O)NCCC1(CC)CC1. The quantitative estimate of drug-likeness (QED) is 0.713. The van der Waals surface area contributed by atoms with Gasteiger partial charge in [-0.15, -0.1) is 0 Å². The number of ether oxygens (including phenoxy) is 1. The fourth-order valence-electron chi connectivity index (χ4n) is 1.57. The molecule has 0 unspecified atom stereocenters. The lowest BCUT2D eigenvalue weighted by atomic mass is 10.00. The van der Waals surface area contributed by atoms with Gasteiger partial charge in [-0.1, -0.05) is 13.3 Å². The average molecular weight is 185 g/mol. The molecular weight excluding hydrogens is 166 g/mol. The molecule has 0 spiro atoms. The minimum atomic E-state index is -0.283. The summed E-state index contributed by atoms with van der Waals surface area (Å²) in [5.74, 6) is 0. The van der Waals surface area contributed by atoms with E-state index in [1.54, 1.807) is 0 Å². The van der Waals surface area contributed by atoms with Crippen LogP contribution in [0.5, 0.6) is 0 Å². The van der Waals surface area contributed by atoms with Crippen LogP contribution in [0.1, 0.15) is 39.5 Å². The predicted molar refractivity (Wildman–Crippen MR) is 51.6 cm³/mol. The number of nitrogens with one attached hydrogen (secondary N) is 1. The van der Waals surface area contributed by atoms with Gasteiger partial charge in [0, 0.05) is 6.54 Å². The number of alkyl carbamates (subject to hydrolysis) is 1. The van der Waals surface area contributed by atoms with Crippen LogP contribution in [0.4, 0.5) is 4.79 Å². The summed E-state index contributed by atoms with van der Waals surface area (Å²) in [5, 5.41) is 2.75. The molecule has 1 fully saturated rings. The van der Waals surface area contributed by atoms with Crippen molar-refractivity contribution in [2.24, 2.45) is 5.41 Å². The van der Waals surface area contributed by atoms with Crippen molar-refractivity contribution in [1.82, 2.24) is 5.32 Å². The molecule has 0 aromatic rings. The van der Waals surface area contributed by atoms with Gasteiger partial charge < -0.3 is 10.1 Å².